The molecule has 0 amide bonds. The lowest BCUT2D eigenvalue weighted by Crippen LogP contribution is -2.57. The lowest BCUT2D eigenvalue weighted by Gasteiger charge is -2.39. The van der Waals surface area contributed by atoms with Gasteiger partial charge in [-0.25, -0.2) is 8.42 Å². The van der Waals surface area contributed by atoms with Gasteiger partial charge >= 0.3 is 0 Å². The smallest absolute Gasteiger partial charge is 0.193 e. The summed E-state index contributed by atoms with van der Waals surface area (Å²) in [6.07, 6.45) is 3.85. The van der Waals surface area contributed by atoms with Crippen LogP contribution in [0.3, 0.4) is 0 Å². The van der Waals surface area contributed by atoms with Gasteiger partial charge in [-0.2, -0.15) is 0 Å². The molecule has 0 aromatic rings. The molecule has 0 aromatic carbocycles. The Morgan fingerprint density at radius 3 is 2.57 bits per heavy atom. The Morgan fingerprint density at radius 1 is 1.38 bits per heavy atom. The number of rotatable bonds is 4. The SMILES string of the molecule is CCNC(=NCCC1CC1)N1CCS(=O)(=O)C(C)(C)C1.I. The fourth-order valence-electron chi connectivity index (χ4n) is 2.51. The van der Waals surface area contributed by atoms with E-state index in [-0.39, 0.29) is 29.7 Å². The van der Waals surface area contributed by atoms with Gasteiger partial charge in [-0.15, -0.1) is 24.0 Å². The molecule has 0 atom stereocenters. The van der Waals surface area contributed by atoms with Crippen LogP contribution in [0.15, 0.2) is 4.99 Å². The second-order valence-electron chi connectivity index (χ2n) is 6.47. The van der Waals surface area contributed by atoms with Crippen molar-refractivity contribution in [3.05, 3.63) is 0 Å². The first-order valence-corrected chi connectivity index (χ1v) is 9.26. The molecule has 0 spiro atoms. The molecule has 5 nitrogen and oxygen atoms in total. The van der Waals surface area contributed by atoms with E-state index in [1.807, 2.05) is 20.8 Å². The minimum atomic E-state index is -2.99. The Hall–Kier alpha value is -0.0500. The molecule has 1 heterocycles. The van der Waals surface area contributed by atoms with Gasteiger partial charge in [0.05, 0.1) is 10.5 Å². The van der Waals surface area contributed by atoms with Crippen molar-refractivity contribution >= 4 is 39.8 Å². The second kappa shape index (κ2) is 7.48. The highest BCUT2D eigenvalue weighted by atomic mass is 127. The number of hydrogen-bond acceptors (Lipinski definition) is 3. The summed E-state index contributed by atoms with van der Waals surface area (Å²) in [5.74, 6) is 1.96. The summed E-state index contributed by atoms with van der Waals surface area (Å²) in [5.41, 5.74) is 0. The summed E-state index contributed by atoms with van der Waals surface area (Å²) < 4.78 is 23.4. The van der Waals surface area contributed by atoms with Crippen LogP contribution in [0, 0.1) is 5.92 Å². The van der Waals surface area contributed by atoms with Crippen molar-refractivity contribution in [2.24, 2.45) is 10.9 Å². The van der Waals surface area contributed by atoms with Gasteiger partial charge in [-0.05, 0) is 33.1 Å². The molecule has 1 N–H and O–H groups in total. The predicted octanol–water partition coefficient (Wildman–Crippen LogP) is 1.88. The van der Waals surface area contributed by atoms with E-state index in [0.29, 0.717) is 13.1 Å². The van der Waals surface area contributed by atoms with Crippen molar-refractivity contribution in [2.45, 2.75) is 44.8 Å². The number of nitrogens with one attached hydrogen (secondary N) is 1. The van der Waals surface area contributed by atoms with Gasteiger partial charge < -0.3 is 10.2 Å². The standard InChI is InChI=1S/C14H27N3O2S.HI/c1-4-15-13(16-8-7-12-5-6-12)17-9-10-20(18,19)14(2,3)11-17;/h12H,4-11H2,1-3H3,(H,15,16);1H. The maximum atomic E-state index is 12.1. The Balaban J connectivity index is 0.00000220. The van der Waals surface area contributed by atoms with Crippen LogP contribution in [0.1, 0.15) is 40.0 Å². The van der Waals surface area contributed by atoms with E-state index in [9.17, 15) is 8.42 Å². The number of hydrogen-bond donors (Lipinski definition) is 1. The average Bonchev–Trinajstić information content (AvgIpc) is 3.16. The number of aliphatic imine (C=N–C) groups is 1. The molecular formula is C14H28IN3O2S. The van der Waals surface area contributed by atoms with Gasteiger partial charge in [0.2, 0.25) is 0 Å². The molecule has 0 radical (unpaired) electrons. The van der Waals surface area contributed by atoms with E-state index in [0.717, 1.165) is 31.4 Å². The normalized spacial score (nSPS) is 24.3. The van der Waals surface area contributed by atoms with Crippen LogP contribution in [-0.4, -0.2) is 56.0 Å². The Labute approximate surface area is 145 Å². The second-order valence-corrected chi connectivity index (χ2v) is 9.21. The fraction of sp³-hybridized carbons (Fsp3) is 0.929. The first-order valence-electron chi connectivity index (χ1n) is 7.61. The van der Waals surface area contributed by atoms with Crippen molar-refractivity contribution in [3.8, 4) is 0 Å². The minimum absolute atomic E-state index is 0. The van der Waals surface area contributed by atoms with Gasteiger partial charge in [0, 0.05) is 26.2 Å². The van der Waals surface area contributed by atoms with Crippen molar-refractivity contribution in [2.75, 3.05) is 31.9 Å². The van der Waals surface area contributed by atoms with Gasteiger partial charge in [0.25, 0.3) is 0 Å². The fourth-order valence-corrected chi connectivity index (χ4v) is 3.88. The van der Waals surface area contributed by atoms with Crippen molar-refractivity contribution in [1.82, 2.24) is 10.2 Å². The first-order chi connectivity index (χ1) is 9.36. The molecule has 124 valence electrons. The van der Waals surface area contributed by atoms with Crippen LogP contribution >= 0.6 is 24.0 Å². The highest BCUT2D eigenvalue weighted by molar-refractivity contribution is 14.0. The Bertz CT molecular complexity index is 473. The number of halogens is 1. The molecule has 1 saturated heterocycles. The maximum Gasteiger partial charge on any atom is 0.193 e. The van der Waals surface area contributed by atoms with Gasteiger partial charge in [0.1, 0.15) is 0 Å². The minimum Gasteiger partial charge on any atom is -0.357 e. The van der Waals surface area contributed by atoms with E-state index in [1.54, 1.807) is 0 Å². The van der Waals surface area contributed by atoms with Crippen LogP contribution in [-0.2, 0) is 9.84 Å². The largest absolute Gasteiger partial charge is 0.357 e. The highest BCUT2D eigenvalue weighted by Gasteiger charge is 2.40. The summed E-state index contributed by atoms with van der Waals surface area (Å²) in [6.45, 7) is 8.38. The molecule has 2 fully saturated rings. The maximum absolute atomic E-state index is 12.1. The lowest BCUT2D eigenvalue weighted by molar-refractivity contribution is 0.353. The number of nitrogens with zero attached hydrogens (tertiary/aromatic N) is 2. The zero-order chi connectivity index (χ0) is 14.8. The van der Waals surface area contributed by atoms with E-state index < -0.39 is 14.6 Å². The summed E-state index contributed by atoms with van der Waals surface area (Å²) in [5, 5.41) is 3.29. The third-order valence-corrected chi connectivity index (χ3v) is 6.71. The van der Waals surface area contributed by atoms with Crippen molar-refractivity contribution in [1.29, 1.82) is 0 Å². The monoisotopic (exact) mass is 429 g/mol. The lowest BCUT2D eigenvalue weighted by atomic mass is 10.2. The van der Waals surface area contributed by atoms with Crippen LogP contribution in [0.5, 0.6) is 0 Å². The molecule has 2 aliphatic rings. The molecule has 2 rings (SSSR count). The van der Waals surface area contributed by atoms with E-state index in [2.05, 4.69) is 15.2 Å². The van der Waals surface area contributed by atoms with Crippen molar-refractivity contribution < 1.29 is 8.42 Å². The quantitative estimate of drug-likeness (QED) is 0.421. The molecule has 0 unspecified atom stereocenters. The molecule has 1 saturated carbocycles. The zero-order valence-electron chi connectivity index (χ0n) is 13.3. The molecule has 7 heteroatoms. The third kappa shape index (κ3) is 4.97. The van der Waals surface area contributed by atoms with E-state index in [4.69, 9.17) is 0 Å². The number of guanidine groups is 1. The van der Waals surface area contributed by atoms with Gasteiger partial charge in [0.15, 0.2) is 15.8 Å². The topological polar surface area (TPSA) is 61.8 Å². The van der Waals surface area contributed by atoms with Gasteiger partial charge in [-0.1, -0.05) is 12.8 Å². The van der Waals surface area contributed by atoms with Crippen LogP contribution in [0.25, 0.3) is 0 Å². The summed E-state index contributed by atoms with van der Waals surface area (Å²) in [4.78, 5) is 6.76. The first kappa shape index (κ1) is 19.0. The van der Waals surface area contributed by atoms with Gasteiger partial charge in [-0.3, -0.25) is 4.99 Å². The average molecular weight is 429 g/mol. The van der Waals surface area contributed by atoms with E-state index in [1.165, 1.54) is 12.8 Å². The Kier molecular flexibility index (Phi) is 6.77. The summed E-state index contributed by atoms with van der Waals surface area (Å²) >= 11 is 0. The zero-order valence-corrected chi connectivity index (χ0v) is 16.4. The summed E-state index contributed by atoms with van der Waals surface area (Å²) in [7, 11) is -2.99. The molecular weight excluding hydrogens is 401 g/mol. The Morgan fingerprint density at radius 2 is 2.05 bits per heavy atom. The van der Waals surface area contributed by atoms with Crippen LogP contribution in [0.4, 0.5) is 0 Å². The molecule has 0 aromatic heterocycles. The third-order valence-electron chi connectivity index (χ3n) is 4.17. The van der Waals surface area contributed by atoms with Crippen molar-refractivity contribution in [3.63, 3.8) is 0 Å². The molecule has 1 aliphatic heterocycles. The summed E-state index contributed by atoms with van der Waals surface area (Å²) in [6, 6.07) is 0. The van der Waals surface area contributed by atoms with E-state index >= 15 is 0 Å². The molecule has 1 aliphatic carbocycles. The molecule has 21 heavy (non-hydrogen) atoms. The highest BCUT2D eigenvalue weighted by Crippen LogP contribution is 2.32. The van der Waals surface area contributed by atoms with Crippen LogP contribution in [0.2, 0.25) is 0 Å². The number of sulfone groups is 1. The predicted molar refractivity (Wildman–Crippen MR) is 98.2 cm³/mol. The molecule has 0 bridgehead atoms. The van der Waals surface area contributed by atoms with Crippen LogP contribution < -0.4 is 5.32 Å².